The summed E-state index contributed by atoms with van der Waals surface area (Å²) in [6, 6.07) is 0. The minimum Gasteiger partial charge on any atom is -0.278 e. The first-order chi connectivity index (χ1) is 6.16. The van der Waals surface area contributed by atoms with E-state index < -0.39 is 17.9 Å². The van der Waals surface area contributed by atoms with Crippen LogP contribution in [0.15, 0.2) is 0 Å². The molecule has 0 aromatic carbocycles. The third kappa shape index (κ3) is 1.63. The van der Waals surface area contributed by atoms with Crippen LogP contribution < -0.4 is 0 Å². The van der Waals surface area contributed by atoms with E-state index in [-0.39, 0.29) is 4.77 Å². The van der Waals surface area contributed by atoms with Crippen LogP contribution in [0.3, 0.4) is 0 Å². The van der Waals surface area contributed by atoms with Crippen molar-refractivity contribution in [2.24, 2.45) is 7.05 Å². The molecule has 0 aliphatic carbocycles. The number of aromatic nitrogens is 3. The fraction of sp³-hybridized carbons (Fsp3) is 0.600. The molecule has 3 nitrogen and oxygen atoms in total. The first-order valence-corrected chi connectivity index (χ1v) is 3.65. The number of hydrogen-bond acceptors (Lipinski definition) is 2. The van der Waals surface area contributed by atoms with Crippen molar-refractivity contribution in [3.05, 3.63) is 10.6 Å². The number of nitrogens with zero attached hydrogens (tertiary/aromatic N) is 2. The molecule has 9 heteroatoms. The quantitative estimate of drug-likeness (QED) is 0.595. The fourth-order valence-electron chi connectivity index (χ4n) is 0.677. The highest BCUT2D eigenvalue weighted by atomic mass is 32.1. The number of nitrogens with one attached hydrogen (secondary N) is 1. The van der Waals surface area contributed by atoms with Gasteiger partial charge in [-0.1, -0.05) is 0 Å². The summed E-state index contributed by atoms with van der Waals surface area (Å²) in [6.07, 6.45) is -5.68. The molecule has 1 aromatic rings. The van der Waals surface area contributed by atoms with Crippen LogP contribution in [0.4, 0.5) is 22.0 Å². The van der Waals surface area contributed by atoms with Crippen LogP contribution in [0.1, 0.15) is 5.82 Å². The number of rotatable bonds is 1. The summed E-state index contributed by atoms with van der Waals surface area (Å²) in [5.41, 5.74) is 0. The van der Waals surface area contributed by atoms with Gasteiger partial charge in [-0.3, -0.25) is 9.78 Å². The Morgan fingerprint density at radius 2 is 1.79 bits per heavy atom. The molecule has 1 rings (SSSR count). The van der Waals surface area contributed by atoms with Crippen LogP contribution in [0.2, 0.25) is 0 Å². The smallest absolute Gasteiger partial charge is 0.278 e. The summed E-state index contributed by atoms with van der Waals surface area (Å²) in [5, 5.41) is 1.72. The summed E-state index contributed by atoms with van der Waals surface area (Å²) in [5.74, 6) is -6.51. The predicted octanol–water partition coefficient (Wildman–Crippen LogP) is 2.13. The van der Waals surface area contributed by atoms with E-state index >= 15 is 0 Å². The van der Waals surface area contributed by atoms with E-state index in [9.17, 15) is 22.0 Å². The average Bonchev–Trinajstić information content (AvgIpc) is 2.30. The number of aryl methyl sites for hydroxylation is 1. The predicted molar refractivity (Wildman–Crippen MR) is 38.3 cm³/mol. The second-order valence-corrected chi connectivity index (χ2v) is 2.85. The van der Waals surface area contributed by atoms with Crippen LogP contribution in [0, 0.1) is 4.77 Å². The molecule has 0 fully saturated rings. The van der Waals surface area contributed by atoms with Gasteiger partial charge < -0.3 is 0 Å². The maximum absolute atomic E-state index is 12.6. The Morgan fingerprint density at radius 3 is 2.07 bits per heavy atom. The van der Waals surface area contributed by atoms with E-state index in [1.807, 2.05) is 0 Å². The monoisotopic (exact) mass is 233 g/mol. The molecule has 14 heavy (non-hydrogen) atoms. The summed E-state index contributed by atoms with van der Waals surface area (Å²) < 4.78 is 61.0. The lowest BCUT2D eigenvalue weighted by Gasteiger charge is -2.16. The Kier molecular flexibility index (Phi) is 2.38. The van der Waals surface area contributed by atoms with E-state index in [0.29, 0.717) is 0 Å². The van der Waals surface area contributed by atoms with Gasteiger partial charge >= 0.3 is 12.1 Å². The number of alkyl halides is 5. The van der Waals surface area contributed by atoms with Gasteiger partial charge in [0.25, 0.3) is 0 Å². The van der Waals surface area contributed by atoms with E-state index in [2.05, 4.69) is 17.2 Å². The van der Waals surface area contributed by atoms with Crippen LogP contribution >= 0.6 is 12.2 Å². The van der Waals surface area contributed by atoms with Gasteiger partial charge in [-0.25, -0.2) is 0 Å². The molecule has 80 valence electrons. The van der Waals surface area contributed by atoms with E-state index in [0.717, 1.165) is 4.68 Å². The average molecular weight is 233 g/mol. The highest BCUT2D eigenvalue weighted by molar-refractivity contribution is 7.71. The van der Waals surface area contributed by atoms with Gasteiger partial charge in [0.05, 0.1) is 0 Å². The van der Waals surface area contributed by atoms with Gasteiger partial charge in [0.2, 0.25) is 10.6 Å². The zero-order valence-corrected chi connectivity index (χ0v) is 7.51. The standard InChI is InChI=1S/C5H4F5N3S/c1-13-3(14)11-2(12-13)4(6,7)5(8,9)10/h1H3,(H,11,12,14). The summed E-state index contributed by atoms with van der Waals surface area (Å²) in [6.45, 7) is 0. The molecule has 1 heterocycles. The molecule has 0 radical (unpaired) electrons. The third-order valence-electron chi connectivity index (χ3n) is 1.42. The Balaban J connectivity index is 3.23. The normalized spacial score (nSPS) is 13.3. The molecule has 1 N–H and O–H groups in total. The first-order valence-electron chi connectivity index (χ1n) is 3.24. The zero-order chi connectivity index (χ0) is 11.1. The molecule has 0 unspecified atom stereocenters. The molecule has 0 aliphatic rings. The van der Waals surface area contributed by atoms with Crippen molar-refractivity contribution in [1.82, 2.24) is 14.8 Å². The lowest BCUT2D eigenvalue weighted by molar-refractivity contribution is -0.292. The Bertz CT molecular complexity index is 389. The van der Waals surface area contributed by atoms with Crippen molar-refractivity contribution in [2.75, 3.05) is 0 Å². The second kappa shape index (κ2) is 3.01. The van der Waals surface area contributed by atoms with Gasteiger partial charge in [-0.05, 0) is 12.2 Å². The maximum atomic E-state index is 12.6. The fourth-order valence-corrected chi connectivity index (χ4v) is 0.814. The van der Waals surface area contributed by atoms with Gasteiger partial charge in [-0.15, -0.1) is 0 Å². The second-order valence-electron chi connectivity index (χ2n) is 2.49. The van der Waals surface area contributed by atoms with Gasteiger partial charge in [0.15, 0.2) is 0 Å². The van der Waals surface area contributed by atoms with Gasteiger partial charge in [0, 0.05) is 7.05 Å². The molecule has 1 aromatic heterocycles. The Hall–Kier alpha value is -0.990. The molecule has 0 bridgehead atoms. The van der Waals surface area contributed by atoms with Crippen LogP contribution in [0.5, 0.6) is 0 Å². The van der Waals surface area contributed by atoms with Crippen molar-refractivity contribution in [2.45, 2.75) is 12.1 Å². The van der Waals surface area contributed by atoms with Crippen molar-refractivity contribution >= 4 is 12.2 Å². The lowest BCUT2D eigenvalue weighted by Crippen LogP contribution is -2.34. The minimum absolute atomic E-state index is 0.371. The highest BCUT2D eigenvalue weighted by Gasteiger charge is 2.61. The number of halogens is 5. The molecule has 0 amide bonds. The van der Waals surface area contributed by atoms with Gasteiger partial charge in [0.1, 0.15) is 0 Å². The summed E-state index contributed by atoms with van der Waals surface area (Å²) in [7, 11) is 1.19. The highest BCUT2D eigenvalue weighted by Crippen LogP contribution is 2.41. The molecule has 0 aliphatic heterocycles. The topological polar surface area (TPSA) is 33.6 Å². The van der Waals surface area contributed by atoms with Crippen LogP contribution in [-0.2, 0) is 13.0 Å². The van der Waals surface area contributed by atoms with Crippen LogP contribution in [-0.4, -0.2) is 20.9 Å². The Labute approximate surface area is 79.5 Å². The largest absolute Gasteiger partial charge is 0.461 e. The molecule has 0 atom stereocenters. The van der Waals surface area contributed by atoms with Crippen LogP contribution in [0.25, 0.3) is 0 Å². The molecule has 0 spiro atoms. The molecular weight excluding hydrogens is 229 g/mol. The van der Waals surface area contributed by atoms with E-state index in [1.165, 1.54) is 7.05 Å². The molecular formula is C5H4F5N3S. The summed E-state index contributed by atoms with van der Waals surface area (Å²) >= 11 is 4.39. The van der Waals surface area contributed by atoms with Gasteiger partial charge in [-0.2, -0.15) is 26.9 Å². The van der Waals surface area contributed by atoms with Crippen molar-refractivity contribution in [3.63, 3.8) is 0 Å². The van der Waals surface area contributed by atoms with Crippen molar-refractivity contribution in [1.29, 1.82) is 0 Å². The first kappa shape index (κ1) is 11.1. The maximum Gasteiger partial charge on any atom is 0.461 e. The number of aromatic amines is 1. The Morgan fingerprint density at radius 1 is 1.29 bits per heavy atom. The molecule has 0 saturated heterocycles. The lowest BCUT2D eigenvalue weighted by atomic mass is 10.3. The van der Waals surface area contributed by atoms with E-state index in [4.69, 9.17) is 0 Å². The van der Waals surface area contributed by atoms with E-state index in [1.54, 1.807) is 5.10 Å². The van der Waals surface area contributed by atoms with Crippen molar-refractivity contribution in [3.8, 4) is 0 Å². The molecule has 0 saturated carbocycles. The number of H-pyrrole nitrogens is 1. The van der Waals surface area contributed by atoms with Crippen molar-refractivity contribution < 1.29 is 22.0 Å². The third-order valence-corrected chi connectivity index (χ3v) is 1.79. The minimum atomic E-state index is -5.68. The zero-order valence-electron chi connectivity index (χ0n) is 6.69. The summed E-state index contributed by atoms with van der Waals surface area (Å²) in [4.78, 5) is 2.90. The number of hydrogen-bond donors (Lipinski definition) is 1. The SMILES string of the molecule is Cn1[nH]c(C(F)(F)C(F)(F)F)nc1=S.